The smallest absolute Gasteiger partial charge is 0.262 e. The molecule has 5 heteroatoms. The summed E-state index contributed by atoms with van der Waals surface area (Å²) in [4.78, 5) is 11.7. The van der Waals surface area contributed by atoms with Crippen molar-refractivity contribution in [3.63, 3.8) is 0 Å². The maximum Gasteiger partial charge on any atom is 0.262 e. The topological polar surface area (TPSA) is 41.1 Å². The van der Waals surface area contributed by atoms with E-state index in [9.17, 15) is 13.6 Å². The number of nitrogens with one attached hydrogen (secondary N) is 2. The fourth-order valence-electron chi connectivity index (χ4n) is 1.92. The quantitative estimate of drug-likeness (QED) is 0.860. The zero-order valence-electron chi connectivity index (χ0n) is 10.2. The van der Waals surface area contributed by atoms with Gasteiger partial charge in [0.15, 0.2) is 0 Å². The van der Waals surface area contributed by atoms with Gasteiger partial charge < -0.3 is 5.32 Å². The molecule has 0 saturated carbocycles. The lowest BCUT2D eigenvalue weighted by Gasteiger charge is -2.11. The van der Waals surface area contributed by atoms with Crippen LogP contribution in [0.1, 0.15) is 17.5 Å². The fourth-order valence-corrected chi connectivity index (χ4v) is 1.92. The van der Waals surface area contributed by atoms with E-state index in [-0.39, 0.29) is 5.91 Å². The first-order chi connectivity index (χ1) is 8.46. The van der Waals surface area contributed by atoms with Crippen molar-refractivity contribution in [1.29, 1.82) is 0 Å². The first kappa shape index (κ1) is 13.0. The molecule has 0 aromatic heterocycles. The van der Waals surface area contributed by atoms with Gasteiger partial charge in [-0.15, -0.1) is 0 Å². The Kier molecular flexibility index (Phi) is 3.61. The number of benzene rings is 1. The van der Waals surface area contributed by atoms with Gasteiger partial charge in [-0.25, -0.2) is 8.78 Å². The van der Waals surface area contributed by atoms with E-state index in [2.05, 4.69) is 10.6 Å². The third-order valence-electron chi connectivity index (χ3n) is 3.01. The zero-order chi connectivity index (χ0) is 13.2. The second-order valence-electron chi connectivity index (χ2n) is 4.70. The molecule has 1 aromatic carbocycles. The second kappa shape index (κ2) is 5.02. The lowest BCUT2D eigenvalue weighted by atomic mass is 10.1. The van der Waals surface area contributed by atoms with Gasteiger partial charge in [-0.2, -0.15) is 0 Å². The van der Waals surface area contributed by atoms with Crippen LogP contribution in [0.4, 0.5) is 8.78 Å². The highest BCUT2D eigenvalue weighted by molar-refractivity contribution is 5.82. The van der Waals surface area contributed by atoms with E-state index in [1.165, 1.54) is 0 Å². The van der Waals surface area contributed by atoms with Crippen LogP contribution in [0.25, 0.3) is 0 Å². The van der Waals surface area contributed by atoms with Crippen molar-refractivity contribution in [2.75, 3.05) is 6.54 Å². The Balaban J connectivity index is 1.84. The summed E-state index contributed by atoms with van der Waals surface area (Å²) in [5.41, 5.74) is 2.10. The normalized spacial score (nSPS) is 21.8. The van der Waals surface area contributed by atoms with Crippen LogP contribution in [0.15, 0.2) is 24.3 Å². The van der Waals surface area contributed by atoms with Gasteiger partial charge in [0.05, 0.1) is 12.6 Å². The molecule has 1 unspecified atom stereocenters. The van der Waals surface area contributed by atoms with Gasteiger partial charge >= 0.3 is 0 Å². The summed E-state index contributed by atoms with van der Waals surface area (Å²) in [7, 11) is 0. The average molecular weight is 254 g/mol. The summed E-state index contributed by atoms with van der Waals surface area (Å²) in [5.74, 6) is -3.14. The molecular formula is C13H16F2N2O. The number of hydrogen-bond donors (Lipinski definition) is 2. The predicted octanol–water partition coefficient (Wildman–Crippen LogP) is 1.61. The van der Waals surface area contributed by atoms with E-state index in [1.54, 1.807) is 0 Å². The number of rotatable bonds is 3. The Bertz CT molecular complexity index is 431. The van der Waals surface area contributed by atoms with Crippen LogP contribution in [0.2, 0.25) is 0 Å². The summed E-state index contributed by atoms with van der Waals surface area (Å²) in [6, 6.07) is 6.93. The largest absolute Gasteiger partial charge is 0.351 e. The van der Waals surface area contributed by atoms with Crippen LogP contribution in [0.3, 0.4) is 0 Å². The molecule has 1 aromatic rings. The Morgan fingerprint density at radius 2 is 2.11 bits per heavy atom. The van der Waals surface area contributed by atoms with Gasteiger partial charge in [0.1, 0.15) is 0 Å². The van der Waals surface area contributed by atoms with E-state index < -0.39 is 24.9 Å². The van der Waals surface area contributed by atoms with Gasteiger partial charge in [0.2, 0.25) is 5.91 Å². The zero-order valence-corrected chi connectivity index (χ0v) is 10.2. The van der Waals surface area contributed by atoms with E-state index in [4.69, 9.17) is 0 Å². The third kappa shape index (κ3) is 3.26. The Hall–Kier alpha value is -1.49. The molecule has 0 aliphatic carbocycles. The molecule has 0 spiro atoms. The Morgan fingerprint density at radius 1 is 1.44 bits per heavy atom. The van der Waals surface area contributed by atoms with Crippen molar-refractivity contribution in [1.82, 2.24) is 10.6 Å². The van der Waals surface area contributed by atoms with E-state index in [0.29, 0.717) is 6.54 Å². The van der Waals surface area contributed by atoms with Crippen molar-refractivity contribution in [3.8, 4) is 0 Å². The van der Waals surface area contributed by atoms with Gasteiger partial charge in [-0.1, -0.05) is 29.8 Å². The minimum absolute atomic E-state index is 0.364. The molecule has 2 rings (SSSR count). The fraction of sp³-hybridized carbons (Fsp3) is 0.462. The summed E-state index contributed by atoms with van der Waals surface area (Å²) < 4.78 is 25.8. The Labute approximate surface area is 105 Å². The number of halogens is 2. The van der Waals surface area contributed by atoms with Crippen LogP contribution < -0.4 is 10.6 Å². The number of alkyl halides is 2. The van der Waals surface area contributed by atoms with Gasteiger partial charge in [0, 0.05) is 13.0 Å². The lowest BCUT2D eigenvalue weighted by Crippen LogP contribution is -2.40. The average Bonchev–Trinajstić information content (AvgIpc) is 2.69. The molecule has 1 saturated heterocycles. The molecule has 0 bridgehead atoms. The highest BCUT2D eigenvalue weighted by atomic mass is 19.3. The number of carbonyl (C=O) groups is 1. The molecule has 1 heterocycles. The molecule has 18 heavy (non-hydrogen) atoms. The van der Waals surface area contributed by atoms with Crippen LogP contribution >= 0.6 is 0 Å². The third-order valence-corrected chi connectivity index (χ3v) is 3.01. The molecule has 1 aliphatic rings. The maximum absolute atomic E-state index is 12.9. The molecule has 2 N–H and O–H groups in total. The molecular weight excluding hydrogens is 238 g/mol. The minimum Gasteiger partial charge on any atom is -0.351 e. The first-order valence-corrected chi connectivity index (χ1v) is 5.91. The van der Waals surface area contributed by atoms with Crippen molar-refractivity contribution in [3.05, 3.63) is 35.4 Å². The van der Waals surface area contributed by atoms with E-state index in [0.717, 1.165) is 11.1 Å². The number of aryl methyl sites for hydroxylation is 1. The van der Waals surface area contributed by atoms with Gasteiger partial charge in [0.25, 0.3) is 5.92 Å². The molecule has 1 fully saturated rings. The predicted molar refractivity (Wildman–Crippen MR) is 64.4 cm³/mol. The van der Waals surface area contributed by atoms with Crippen LogP contribution in [-0.2, 0) is 11.3 Å². The number of carbonyl (C=O) groups excluding carboxylic acids is 1. The highest BCUT2D eigenvalue weighted by Gasteiger charge is 2.42. The first-order valence-electron chi connectivity index (χ1n) is 5.91. The van der Waals surface area contributed by atoms with Crippen molar-refractivity contribution in [2.24, 2.45) is 0 Å². The summed E-state index contributed by atoms with van der Waals surface area (Å²) in [5, 5.41) is 5.19. The monoisotopic (exact) mass is 254 g/mol. The standard InChI is InChI=1S/C13H16F2N2O/c1-9-2-4-10(5-3-9)7-16-12(18)11-6-13(14,15)8-17-11/h2-5,11,17H,6-8H2,1H3,(H,16,18). The molecule has 0 radical (unpaired) electrons. The molecule has 3 nitrogen and oxygen atoms in total. The van der Waals surface area contributed by atoms with Crippen LogP contribution in [0, 0.1) is 6.92 Å². The Morgan fingerprint density at radius 3 is 2.67 bits per heavy atom. The molecule has 1 amide bonds. The maximum atomic E-state index is 12.9. The second-order valence-corrected chi connectivity index (χ2v) is 4.70. The van der Waals surface area contributed by atoms with Crippen molar-refractivity contribution in [2.45, 2.75) is 31.9 Å². The summed E-state index contributed by atoms with van der Waals surface area (Å²) in [6.07, 6.45) is -0.424. The van der Waals surface area contributed by atoms with Crippen LogP contribution in [0.5, 0.6) is 0 Å². The molecule has 1 atom stereocenters. The van der Waals surface area contributed by atoms with Gasteiger partial charge in [-0.05, 0) is 12.5 Å². The number of amides is 1. The highest BCUT2D eigenvalue weighted by Crippen LogP contribution is 2.25. The van der Waals surface area contributed by atoms with Crippen molar-refractivity contribution >= 4 is 5.91 Å². The summed E-state index contributed by atoms with van der Waals surface area (Å²) >= 11 is 0. The number of hydrogen-bond acceptors (Lipinski definition) is 2. The SMILES string of the molecule is Cc1ccc(CNC(=O)C2CC(F)(F)CN2)cc1. The molecule has 98 valence electrons. The van der Waals surface area contributed by atoms with E-state index in [1.807, 2.05) is 31.2 Å². The van der Waals surface area contributed by atoms with Gasteiger partial charge in [-0.3, -0.25) is 10.1 Å². The lowest BCUT2D eigenvalue weighted by molar-refractivity contribution is -0.123. The van der Waals surface area contributed by atoms with E-state index >= 15 is 0 Å². The molecule has 1 aliphatic heterocycles. The van der Waals surface area contributed by atoms with Crippen molar-refractivity contribution < 1.29 is 13.6 Å². The summed E-state index contributed by atoms with van der Waals surface area (Å²) in [6.45, 7) is 1.92. The van der Waals surface area contributed by atoms with Crippen LogP contribution in [-0.4, -0.2) is 24.4 Å². The minimum atomic E-state index is -2.77.